The summed E-state index contributed by atoms with van der Waals surface area (Å²) < 4.78 is 1.37. The number of carbonyl (C=O) groups is 1. The molecule has 4 rings (SSSR count). The number of fused-ring (bicyclic) bond motifs is 3. The quantitative estimate of drug-likeness (QED) is 0.464. The van der Waals surface area contributed by atoms with Crippen LogP contribution in [-0.2, 0) is 6.54 Å². The minimum absolute atomic E-state index is 0.00198. The van der Waals surface area contributed by atoms with Gasteiger partial charge in [0.1, 0.15) is 0 Å². The number of nitrogens with zero attached hydrogens (tertiary/aromatic N) is 1. The maximum absolute atomic E-state index is 13.1. The van der Waals surface area contributed by atoms with Crippen molar-refractivity contribution in [3.63, 3.8) is 0 Å². The SMILES string of the molecule is CCCCC(CC)c1ccc2c(c1)-c1ccccc1C2NC(=O)c1ccn(CC)c(=O)c1O. The Morgan fingerprint density at radius 2 is 1.82 bits per heavy atom. The molecule has 0 aliphatic heterocycles. The first kappa shape index (κ1) is 22.8. The molecule has 172 valence electrons. The predicted molar refractivity (Wildman–Crippen MR) is 132 cm³/mol. The van der Waals surface area contributed by atoms with Crippen LogP contribution in [0.25, 0.3) is 11.1 Å². The average molecular weight is 445 g/mol. The summed E-state index contributed by atoms with van der Waals surface area (Å²) in [7, 11) is 0. The van der Waals surface area contributed by atoms with E-state index < -0.39 is 17.2 Å². The summed E-state index contributed by atoms with van der Waals surface area (Å²) in [6.07, 6.45) is 6.22. The van der Waals surface area contributed by atoms with E-state index in [1.165, 1.54) is 35.5 Å². The molecular weight excluding hydrogens is 412 g/mol. The zero-order chi connectivity index (χ0) is 23.5. The normalized spacial score (nSPS) is 15.1. The molecule has 5 heteroatoms. The highest BCUT2D eigenvalue weighted by Crippen LogP contribution is 2.45. The number of aromatic hydroxyl groups is 1. The molecule has 5 nitrogen and oxygen atoms in total. The van der Waals surface area contributed by atoms with Gasteiger partial charge in [0, 0.05) is 12.7 Å². The van der Waals surface area contributed by atoms with E-state index in [2.05, 4.69) is 43.4 Å². The minimum Gasteiger partial charge on any atom is -0.502 e. The maximum atomic E-state index is 13.1. The van der Waals surface area contributed by atoms with Crippen molar-refractivity contribution < 1.29 is 9.90 Å². The van der Waals surface area contributed by atoms with Gasteiger partial charge in [0.2, 0.25) is 0 Å². The number of hydrogen-bond donors (Lipinski definition) is 2. The second kappa shape index (κ2) is 9.65. The predicted octanol–water partition coefficient (Wildman–Crippen LogP) is 5.76. The van der Waals surface area contributed by atoms with Crippen molar-refractivity contribution in [1.29, 1.82) is 0 Å². The number of amides is 1. The van der Waals surface area contributed by atoms with E-state index in [4.69, 9.17) is 0 Å². The standard InChI is InChI=1S/C28H32N2O3/c1-4-7-10-18(5-2)19-13-14-22-24(17-19)20-11-8-9-12-21(20)25(22)29-27(32)23-15-16-30(6-3)28(33)26(23)31/h8-9,11-18,25,31H,4-7,10H2,1-3H3,(H,29,32). The Bertz CT molecular complexity index is 1230. The third kappa shape index (κ3) is 4.20. The topological polar surface area (TPSA) is 71.3 Å². The first-order chi connectivity index (χ1) is 16.0. The van der Waals surface area contributed by atoms with Crippen LogP contribution in [0.4, 0.5) is 0 Å². The fourth-order valence-electron chi connectivity index (χ4n) is 4.89. The molecule has 1 heterocycles. The van der Waals surface area contributed by atoms with Crippen LogP contribution < -0.4 is 10.9 Å². The summed E-state index contributed by atoms with van der Waals surface area (Å²) >= 11 is 0. The molecule has 2 unspecified atom stereocenters. The van der Waals surface area contributed by atoms with Gasteiger partial charge in [-0.25, -0.2) is 0 Å². The average Bonchev–Trinajstić information content (AvgIpc) is 3.14. The summed E-state index contributed by atoms with van der Waals surface area (Å²) in [5.74, 6) is -0.447. The van der Waals surface area contributed by atoms with Crippen LogP contribution in [0.1, 0.15) is 85.5 Å². The van der Waals surface area contributed by atoms with Crippen LogP contribution in [0.2, 0.25) is 0 Å². The van der Waals surface area contributed by atoms with Gasteiger partial charge in [-0.1, -0.05) is 69.2 Å². The molecule has 0 bridgehead atoms. The van der Waals surface area contributed by atoms with E-state index >= 15 is 0 Å². The van der Waals surface area contributed by atoms with Crippen LogP contribution >= 0.6 is 0 Å². The lowest BCUT2D eigenvalue weighted by Crippen LogP contribution is -2.30. The zero-order valence-electron chi connectivity index (χ0n) is 19.6. The molecule has 1 amide bonds. The molecule has 0 spiro atoms. The second-order valence-electron chi connectivity index (χ2n) is 8.76. The van der Waals surface area contributed by atoms with Gasteiger partial charge in [-0.3, -0.25) is 9.59 Å². The summed E-state index contributed by atoms with van der Waals surface area (Å²) in [4.78, 5) is 25.4. The molecule has 1 aliphatic rings. The van der Waals surface area contributed by atoms with Crippen molar-refractivity contribution in [2.75, 3.05) is 0 Å². The first-order valence-corrected chi connectivity index (χ1v) is 12.0. The van der Waals surface area contributed by atoms with Crippen molar-refractivity contribution >= 4 is 5.91 Å². The van der Waals surface area contributed by atoms with E-state index in [9.17, 15) is 14.7 Å². The highest BCUT2D eigenvalue weighted by molar-refractivity contribution is 5.98. The van der Waals surface area contributed by atoms with E-state index in [1.807, 2.05) is 25.1 Å². The molecule has 2 atom stereocenters. The summed E-state index contributed by atoms with van der Waals surface area (Å²) in [6.45, 7) is 6.70. The van der Waals surface area contributed by atoms with Gasteiger partial charge in [0.15, 0.2) is 5.75 Å². The van der Waals surface area contributed by atoms with E-state index in [0.717, 1.165) is 28.7 Å². The smallest absolute Gasteiger partial charge is 0.293 e. The lowest BCUT2D eigenvalue weighted by atomic mass is 9.89. The largest absolute Gasteiger partial charge is 0.502 e. The molecule has 0 fully saturated rings. The van der Waals surface area contributed by atoms with Crippen molar-refractivity contribution in [1.82, 2.24) is 9.88 Å². The number of aryl methyl sites for hydroxylation is 1. The van der Waals surface area contributed by atoms with Gasteiger partial charge >= 0.3 is 0 Å². The Labute approximate surface area is 195 Å². The highest BCUT2D eigenvalue weighted by Gasteiger charge is 2.31. The van der Waals surface area contributed by atoms with Gasteiger partial charge < -0.3 is 15.0 Å². The zero-order valence-corrected chi connectivity index (χ0v) is 19.6. The van der Waals surface area contributed by atoms with Gasteiger partial charge in [-0.05, 0) is 59.6 Å². The van der Waals surface area contributed by atoms with Crippen molar-refractivity contribution in [2.45, 2.75) is 65.0 Å². The number of nitrogens with one attached hydrogen (secondary N) is 1. The first-order valence-electron chi connectivity index (χ1n) is 12.0. The molecule has 3 aromatic rings. The molecular formula is C28H32N2O3. The van der Waals surface area contributed by atoms with Gasteiger partial charge in [0.25, 0.3) is 11.5 Å². The van der Waals surface area contributed by atoms with Gasteiger partial charge in [0.05, 0.1) is 11.6 Å². The minimum atomic E-state index is -0.556. The Morgan fingerprint density at radius 3 is 2.55 bits per heavy atom. The molecule has 1 aliphatic carbocycles. The van der Waals surface area contributed by atoms with Crippen molar-refractivity contribution in [3.8, 4) is 16.9 Å². The summed E-state index contributed by atoms with van der Waals surface area (Å²) in [6, 6.07) is 15.9. The van der Waals surface area contributed by atoms with Crippen LogP contribution in [0.15, 0.2) is 59.5 Å². The number of rotatable bonds is 8. The lowest BCUT2D eigenvalue weighted by molar-refractivity contribution is 0.0940. The summed E-state index contributed by atoms with van der Waals surface area (Å²) in [5.41, 5.74) is 5.12. The summed E-state index contributed by atoms with van der Waals surface area (Å²) in [5, 5.41) is 13.4. The van der Waals surface area contributed by atoms with E-state index in [0.29, 0.717) is 12.5 Å². The van der Waals surface area contributed by atoms with Crippen LogP contribution in [0.3, 0.4) is 0 Å². The Morgan fingerprint density at radius 1 is 1.06 bits per heavy atom. The fourth-order valence-corrected chi connectivity index (χ4v) is 4.89. The van der Waals surface area contributed by atoms with E-state index in [-0.39, 0.29) is 11.6 Å². The third-order valence-electron chi connectivity index (χ3n) is 6.82. The van der Waals surface area contributed by atoms with Crippen LogP contribution in [0, 0.1) is 0 Å². The van der Waals surface area contributed by atoms with Gasteiger partial charge in [-0.2, -0.15) is 0 Å². The maximum Gasteiger partial charge on any atom is 0.293 e. The van der Waals surface area contributed by atoms with Gasteiger partial charge in [-0.15, -0.1) is 0 Å². The fraction of sp³-hybridized carbons (Fsp3) is 0.357. The number of carbonyl (C=O) groups excluding carboxylic acids is 1. The molecule has 2 N–H and O–H groups in total. The molecule has 0 radical (unpaired) electrons. The molecule has 1 aromatic heterocycles. The van der Waals surface area contributed by atoms with Crippen LogP contribution in [-0.4, -0.2) is 15.6 Å². The molecule has 0 saturated heterocycles. The number of aromatic nitrogens is 1. The monoisotopic (exact) mass is 444 g/mol. The molecule has 33 heavy (non-hydrogen) atoms. The molecule has 0 saturated carbocycles. The Balaban J connectivity index is 1.70. The third-order valence-corrected chi connectivity index (χ3v) is 6.82. The molecule has 2 aromatic carbocycles. The Hall–Kier alpha value is -3.34. The Kier molecular flexibility index (Phi) is 6.68. The van der Waals surface area contributed by atoms with E-state index in [1.54, 1.807) is 6.20 Å². The second-order valence-corrected chi connectivity index (χ2v) is 8.76. The number of pyridine rings is 1. The highest BCUT2D eigenvalue weighted by atomic mass is 16.3. The van der Waals surface area contributed by atoms with Crippen molar-refractivity contribution in [3.05, 3.63) is 87.3 Å². The van der Waals surface area contributed by atoms with Crippen LogP contribution in [0.5, 0.6) is 5.75 Å². The number of benzene rings is 2. The van der Waals surface area contributed by atoms with Crippen molar-refractivity contribution in [2.24, 2.45) is 0 Å². The number of unbranched alkanes of at least 4 members (excludes halogenated alkanes) is 1. The number of hydrogen-bond acceptors (Lipinski definition) is 3. The lowest BCUT2D eigenvalue weighted by Gasteiger charge is -2.19.